The molecule has 0 aromatic heterocycles. The highest BCUT2D eigenvalue weighted by Gasteiger charge is 2.50. The molecule has 2 aromatic rings. The third-order valence-corrected chi connectivity index (χ3v) is 8.70. The summed E-state index contributed by atoms with van der Waals surface area (Å²) in [5.74, 6) is 1.42. The molecule has 3 aliphatic rings. The van der Waals surface area contributed by atoms with Crippen molar-refractivity contribution in [3.63, 3.8) is 0 Å². The van der Waals surface area contributed by atoms with Crippen molar-refractivity contribution in [2.45, 2.75) is 49.5 Å². The summed E-state index contributed by atoms with van der Waals surface area (Å²) in [6.45, 7) is 2.57. The Bertz CT molecular complexity index is 1140. The zero-order valence-electron chi connectivity index (χ0n) is 17.6. The number of hydrogen-bond acceptors (Lipinski definition) is 5. The molecule has 2 aromatic carbocycles. The summed E-state index contributed by atoms with van der Waals surface area (Å²) in [5.41, 5.74) is 3.50. The number of ether oxygens (including phenoxy) is 2. The molecule has 1 atom stereocenters. The van der Waals surface area contributed by atoms with Gasteiger partial charge in [-0.2, -0.15) is 4.31 Å². The molecule has 1 N–H and O–H groups in total. The summed E-state index contributed by atoms with van der Waals surface area (Å²) in [4.78, 5) is 0.313. The minimum Gasteiger partial charge on any atom is -0.454 e. The van der Waals surface area contributed by atoms with Gasteiger partial charge in [0.1, 0.15) is 0 Å². The first-order valence-corrected chi connectivity index (χ1v) is 12.2. The number of aliphatic hydroxyl groups is 1. The highest BCUT2D eigenvalue weighted by molar-refractivity contribution is 7.89. The second kappa shape index (κ2) is 7.65. The van der Waals surface area contributed by atoms with Crippen molar-refractivity contribution in [1.29, 1.82) is 0 Å². The van der Waals surface area contributed by atoms with Crippen LogP contribution in [-0.2, 0) is 16.4 Å². The molecule has 2 aliphatic heterocycles. The standard InChI is InChI=1S/C24H27NO5S/c1-17-5-7-19(8-6-17)31(27,28)25-12-9-18-14-22-23(30-16-29-22)15-20(18)21-4-2-10-24(21,25)11-3-13-26/h4-8,14-15,26H,2-3,9-13,16H2,1H3. The first kappa shape index (κ1) is 20.5. The molecule has 0 bridgehead atoms. The molecule has 0 radical (unpaired) electrons. The maximum atomic E-state index is 13.9. The van der Waals surface area contributed by atoms with E-state index < -0.39 is 15.6 Å². The zero-order chi connectivity index (χ0) is 21.6. The maximum Gasteiger partial charge on any atom is 0.243 e. The second-order valence-electron chi connectivity index (χ2n) is 8.52. The van der Waals surface area contributed by atoms with E-state index in [0.717, 1.165) is 28.7 Å². The Morgan fingerprint density at radius 2 is 1.87 bits per heavy atom. The predicted octanol–water partition coefficient (Wildman–Crippen LogP) is 3.66. The van der Waals surface area contributed by atoms with Crippen LogP contribution in [0.5, 0.6) is 11.5 Å². The number of benzene rings is 2. The van der Waals surface area contributed by atoms with Gasteiger partial charge in [-0.15, -0.1) is 0 Å². The molecule has 2 heterocycles. The lowest BCUT2D eigenvalue weighted by Crippen LogP contribution is -2.51. The Morgan fingerprint density at radius 3 is 2.61 bits per heavy atom. The Balaban J connectivity index is 1.66. The van der Waals surface area contributed by atoms with Crippen LogP contribution in [0.4, 0.5) is 0 Å². The SMILES string of the molecule is Cc1ccc(S(=O)(=O)N2CCc3cc4c(cc3C3=CCCC32CCCO)OCO4)cc1. The number of nitrogens with zero attached hydrogens (tertiary/aromatic N) is 1. The number of hydrogen-bond donors (Lipinski definition) is 1. The first-order chi connectivity index (χ1) is 15.0. The van der Waals surface area contributed by atoms with E-state index in [1.54, 1.807) is 16.4 Å². The topological polar surface area (TPSA) is 76.1 Å². The molecule has 1 aliphatic carbocycles. The molecular weight excluding hydrogens is 414 g/mol. The Labute approximate surface area is 183 Å². The van der Waals surface area contributed by atoms with Crippen molar-refractivity contribution >= 4 is 15.6 Å². The summed E-state index contributed by atoms with van der Waals surface area (Å²) >= 11 is 0. The molecule has 6 nitrogen and oxygen atoms in total. The van der Waals surface area contributed by atoms with E-state index in [9.17, 15) is 13.5 Å². The van der Waals surface area contributed by atoms with Crippen LogP contribution >= 0.6 is 0 Å². The lowest BCUT2D eigenvalue weighted by atomic mass is 9.82. The molecule has 7 heteroatoms. The van der Waals surface area contributed by atoms with Gasteiger partial charge in [-0.1, -0.05) is 23.8 Å². The van der Waals surface area contributed by atoms with Crippen molar-refractivity contribution in [2.24, 2.45) is 0 Å². The minimum atomic E-state index is -3.73. The molecule has 5 rings (SSSR count). The van der Waals surface area contributed by atoms with E-state index in [-0.39, 0.29) is 13.4 Å². The average molecular weight is 442 g/mol. The van der Waals surface area contributed by atoms with Crippen molar-refractivity contribution in [3.8, 4) is 11.5 Å². The van der Waals surface area contributed by atoms with E-state index in [1.807, 2.05) is 31.2 Å². The number of fused-ring (bicyclic) bond motifs is 4. The van der Waals surface area contributed by atoms with Gasteiger partial charge in [0.15, 0.2) is 11.5 Å². The van der Waals surface area contributed by atoms with Crippen LogP contribution in [0.15, 0.2) is 47.4 Å². The highest BCUT2D eigenvalue weighted by Crippen LogP contribution is 2.51. The van der Waals surface area contributed by atoms with Gasteiger partial charge >= 0.3 is 0 Å². The molecule has 31 heavy (non-hydrogen) atoms. The lowest BCUT2D eigenvalue weighted by molar-refractivity contribution is 0.174. The van der Waals surface area contributed by atoms with E-state index in [0.29, 0.717) is 48.6 Å². The predicted molar refractivity (Wildman–Crippen MR) is 118 cm³/mol. The van der Waals surface area contributed by atoms with Crippen LogP contribution in [-0.4, -0.2) is 43.3 Å². The molecule has 0 saturated carbocycles. The third kappa shape index (κ3) is 3.26. The van der Waals surface area contributed by atoms with Gasteiger partial charge in [-0.25, -0.2) is 8.42 Å². The van der Waals surface area contributed by atoms with Crippen molar-refractivity contribution in [2.75, 3.05) is 19.9 Å². The summed E-state index contributed by atoms with van der Waals surface area (Å²) in [6.07, 6.45) is 5.39. The number of aliphatic hydroxyl groups excluding tert-OH is 1. The maximum absolute atomic E-state index is 13.9. The normalized spacial score (nSPS) is 22.6. The van der Waals surface area contributed by atoms with E-state index >= 15 is 0 Å². The van der Waals surface area contributed by atoms with Crippen LogP contribution in [0, 0.1) is 6.92 Å². The fourth-order valence-corrected chi connectivity index (χ4v) is 7.03. The third-order valence-electron chi connectivity index (χ3n) is 6.72. The summed E-state index contributed by atoms with van der Waals surface area (Å²) in [5, 5.41) is 9.62. The monoisotopic (exact) mass is 441 g/mol. The largest absolute Gasteiger partial charge is 0.454 e. The number of allylic oxidation sites excluding steroid dienone is 1. The average Bonchev–Trinajstić information content (AvgIpc) is 3.36. The van der Waals surface area contributed by atoms with Crippen molar-refractivity contribution in [3.05, 3.63) is 59.2 Å². The van der Waals surface area contributed by atoms with Crippen LogP contribution in [0.25, 0.3) is 5.57 Å². The Hall–Kier alpha value is -2.35. The lowest BCUT2D eigenvalue weighted by Gasteiger charge is -2.41. The fourth-order valence-electron chi connectivity index (χ4n) is 5.22. The number of aryl methyl sites for hydroxylation is 1. The van der Waals surface area contributed by atoms with E-state index in [2.05, 4.69) is 6.08 Å². The van der Waals surface area contributed by atoms with Crippen molar-refractivity contribution < 1.29 is 23.0 Å². The Kier molecular flexibility index (Phi) is 5.07. The molecular formula is C24H27NO5S. The fraction of sp³-hybridized carbons (Fsp3) is 0.417. The molecule has 0 saturated heterocycles. The molecule has 0 fully saturated rings. The van der Waals surface area contributed by atoms with Gasteiger partial charge < -0.3 is 14.6 Å². The van der Waals surface area contributed by atoms with Gasteiger partial charge in [0, 0.05) is 13.2 Å². The Morgan fingerprint density at radius 1 is 1.13 bits per heavy atom. The summed E-state index contributed by atoms with van der Waals surface area (Å²) in [7, 11) is -3.73. The van der Waals surface area contributed by atoms with Crippen LogP contribution in [0.2, 0.25) is 0 Å². The van der Waals surface area contributed by atoms with Crippen molar-refractivity contribution in [1.82, 2.24) is 4.31 Å². The smallest absolute Gasteiger partial charge is 0.243 e. The highest BCUT2D eigenvalue weighted by atomic mass is 32.2. The zero-order valence-corrected chi connectivity index (χ0v) is 18.5. The van der Waals surface area contributed by atoms with Crippen LogP contribution in [0.1, 0.15) is 42.4 Å². The molecule has 0 amide bonds. The van der Waals surface area contributed by atoms with Gasteiger partial charge in [0.05, 0.1) is 10.4 Å². The van der Waals surface area contributed by atoms with Gasteiger partial charge in [0.2, 0.25) is 16.8 Å². The van der Waals surface area contributed by atoms with Gasteiger partial charge in [0.25, 0.3) is 0 Å². The molecule has 0 spiro atoms. The number of sulfonamides is 1. The van der Waals surface area contributed by atoms with E-state index in [1.165, 1.54) is 0 Å². The second-order valence-corrected chi connectivity index (χ2v) is 10.4. The van der Waals surface area contributed by atoms with Crippen LogP contribution in [0.3, 0.4) is 0 Å². The molecule has 164 valence electrons. The quantitative estimate of drug-likeness (QED) is 0.766. The van der Waals surface area contributed by atoms with Gasteiger partial charge in [-0.05, 0) is 80.0 Å². The molecule has 1 unspecified atom stereocenters. The minimum absolute atomic E-state index is 0.0292. The number of rotatable bonds is 5. The summed E-state index contributed by atoms with van der Waals surface area (Å²) in [6, 6.07) is 11.1. The summed E-state index contributed by atoms with van der Waals surface area (Å²) < 4.78 is 40.7. The first-order valence-electron chi connectivity index (χ1n) is 10.8. The van der Waals surface area contributed by atoms with Crippen LogP contribution < -0.4 is 9.47 Å². The van der Waals surface area contributed by atoms with Gasteiger partial charge in [-0.3, -0.25) is 0 Å². The van der Waals surface area contributed by atoms with E-state index in [4.69, 9.17) is 9.47 Å².